The molecule has 0 atom stereocenters. The van der Waals surface area contributed by atoms with Gasteiger partial charge in [-0.05, 0) is 13.8 Å². The Morgan fingerprint density at radius 1 is 1.38 bits per heavy atom. The summed E-state index contributed by atoms with van der Waals surface area (Å²) in [6.45, 7) is 10.3. The monoisotopic (exact) mass is 359 g/mol. The fourth-order valence-electron chi connectivity index (χ4n) is 2.42. The average Bonchev–Trinajstić information content (AvgIpc) is 2.83. The first-order chi connectivity index (χ1) is 10.8. The van der Waals surface area contributed by atoms with Gasteiger partial charge in [-0.15, -0.1) is 5.01 Å². The molecule has 1 fully saturated rings. The number of carbonyl (C=O) groups excluding carboxylic acids is 1. The number of nitrogens with zero attached hydrogens (tertiary/aromatic N) is 5. The highest BCUT2D eigenvalue weighted by Crippen LogP contribution is 2.25. The first-order valence-corrected chi connectivity index (χ1v) is 9.53. The van der Waals surface area contributed by atoms with Crippen molar-refractivity contribution < 1.29 is 22.5 Å². The van der Waals surface area contributed by atoms with Crippen LogP contribution in [0, 0.1) is 5.41 Å². The Labute approximate surface area is 142 Å². The molecule has 0 spiro atoms. The Kier molecular flexibility index (Phi) is 4.66. The standard InChI is InChI=1S/C14H25N5O4S/c1-13(2,3)12(20)15-11-9-19(16-23-11)18-8-7-17(24(6,21)22)10-14(18,4)5/h9H,7-8,10H2,1-6H3. The van der Waals surface area contributed by atoms with Gasteiger partial charge >= 0.3 is 0 Å². The van der Waals surface area contributed by atoms with Crippen LogP contribution in [0.4, 0.5) is 5.88 Å². The van der Waals surface area contributed by atoms with E-state index in [1.165, 1.54) is 21.5 Å². The van der Waals surface area contributed by atoms with Gasteiger partial charge in [0, 0.05) is 18.5 Å². The van der Waals surface area contributed by atoms with Crippen LogP contribution in [0.15, 0.2) is 10.7 Å². The maximum absolute atomic E-state index is 11.9. The third-order valence-electron chi connectivity index (χ3n) is 3.84. The number of amides is 1. The van der Waals surface area contributed by atoms with Crippen molar-refractivity contribution >= 4 is 21.8 Å². The number of piperazine rings is 1. The van der Waals surface area contributed by atoms with Crippen LogP contribution in [0.1, 0.15) is 34.6 Å². The highest BCUT2D eigenvalue weighted by molar-refractivity contribution is 7.88. The molecular formula is C14H25N5O4S. The van der Waals surface area contributed by atoms with Gasteiger partial charge < -0.3 is 14.6 Å². The second-order valence-corrected chi connectivity index (χ2v) is 9.64. The maximum Gasteiger partial charge on any atom is 0.257 e. The molecule has 0 aromatic carbocycles. The average molecular weight is 359 g/mol. The first kappa shape index (κ1) is 18.7. The largest absolute Gasteiger partial charge is 0.588 e. The molecule has 0 bridgehead atoms. The number of carbonyl (C=O) groups is 1. The SMILES string of the molecule is CC(C)(C)C(=O)[N-]c1c[n+](N2CCN(S(C)(=O)=O)CC2(C)C)no1. The highest BCUT2D eigenvalue weighted by atomic mass is 32.2. The smallest absolute Gasteiger partial charge is 0.257 e. The van der Waals surface area contributed by atoms with Crippen molar-refractivity contribution in [1.29, 1.82) is 0 Å². The van der Waals surface area contributed by atoms with Crippen LogP contribution in [0.5, 0.6) is 0 Å². The van der Waals surface area contributed by atoms with Gasteiger partial charge in [0.2, 0.25) is 15.3 Å². The summed E-state index contributed by atoms with van der Waals surface area (Å²) in [6, 6.07) is 0. The Morgan fingerprint density at radius 3 is 2.50 bits per heavy atom. The van der Waals surface area contributed by atoms with Gasteiger partial charge in [0.05, 0.1) is 23.5 Å². The van der Waals surface area contributed by atoms with Gasteiger partial charge in [-0.2, -0.15) is 4.31 Å². The predicted molar refractivity (Wildman–Crippen MR) is 87.8 cm³/mol. The van der Waals surface area contributed by atoms with Crippen LogP contribution in [0.2, 0.25) is 0 Å². The van der Waals surface area contributed by atoms with Crippen molar-refractivity contribution in [2.75, 3.05) is 30.9 Å². The van der Waals surface area contributed by atoms with Crippen LogP contribution in [-0.2, 0) is 14.8 Å². The van der Waals surface area contributed by atoms with Crippen LogP contribution in [0.25, 0.3) is 5.32 Å². The van der Waals surface area contributed by atoms with Crippen molar-refractivity contribution in [2.45, 2.75) is 40.2 Å². The molecule has 0 aliphatic carbocycles. The first-order valence-electron chi connectivity index (χ1n) is 7.68. The minimum Gasteiger partial charge on any atom is -0.588 e. The summed E-state index contributed by atoms with van der Waals surface area (Å²) in [5, 5.41) is 9.73. The maximum atomic E-state index is 11.9. The van der Waals surface area contributed by atoms with E-state index in [1.54, 1.807) is 20.8 Å². The number of hydrogen-bond donors (Lipinski definition) is 0. The molecular weight excluding hydrogens is 334 g/mol. The van der Waals surface area contributed by atoms with E-state index in [9.17, 15) is 13.2 Å². The predicted octanol–water partition coefficient (Wildman–Crippen LogP) is 0.532. The number of aromatic nitrogens is 2. The third-order valence-corrected chi connectivity index (χ3v) is 5.09. The minimum absolute atomic E-state index is 0.122. The van der Waals surface area contributed by atoms with E-state index < -0.39 is 21.0 Å². The molecule has 24 heavy (non-hydrogen) atoms. The third kappa shape index (κ3) is 4.04. The molecule has 1 aromatic rings. The Balaban J connectivity index is 2.14. The summed E-state index contributed by atoms with van der Waals surface area (Å²) in [4.78, 5) is 13.4. The molecule has 10 heteroatoms. The molecule has 1 amide bonds. The van der Waals surface area contributed by atoms with Gasteiger partial charge in [-0.3, -0.25) is 0 Å². The van der Waals surface area contributed by atoms with Gasteiger partial charge in [0.15, 0.2) is 0 Å². The number of hydrogen-bond acceptors (Lipinski definition) is 6. The molecule has 0 saturated carbocycles. The zero-order valence-corrected chi connectivity index (χ0v) is 15.8. The Bertz CT molecular complexity index is 720. The zero-order chi connectivity index (χ0) is 18.3. The van der Waals surface area contributed by atoms with Gasteiger partial charge in [-0.1, -0.05) is 20.8 Å². The zero-order valence-electron chi connectivity index (χ0n) is 15.0. The summed E-state index contributed by atoms with van der Waals surface area (Å²) in [6.07, 6.45) is 2.73. The van der Waals surface area contributed by atoms with Crippen LogP contribution in [-0.4, -0.2) is 55.3 Å². The summed E-state index contributed by atoms with van der Waals surface area (Å²) in [7, 11) is -3.24. The summed E-state index contributed by atoms with van der Waals surface area (Å²) in [5.41, 5.74) is -1.09. The normalized spacial score (nSPS) is 19.3. The number of sulfonamides is 1. The summed E-state index contributed by atoms with van der Waals surface area (Å²) in [5.74, 6) is -0.178. The second-order valence-electron chi connectivity index (χ2n) is 7.66. The van der Waals surface area contributed by atoms with Crippen LogP contribution < -0.4 is 9.80 Å². The molecule has 136 valence electrons. The molecule has 1 saturated heterocycles. The van der Waals surface area contributed by atoms with Gasteiger partial charge in [-0.25, -0.2) is 8.42 Å². The van der Waals surface area contributed by atoms with E-state index >= 15 is 0 Å². The minimum atomic E-state index is -3.24. The number of rotatable bonds is 3. The van der Waals surface area contributed by atoms with E-state index in [2.05, 4.69) is 10.6 Å². The molecule has 0 unspecified atom stereocenters. The quantitative estimate of drug-likeness (QED) is 0.730. The van der Waals surface area contributed by atoms with Crippen LogP contribution >= 0.6 is 0 Å². The van der Waals surface area contributed by atoms with Crippen molar-refractivity contribution in [3.05, 3.63) is 11.5 Å². The van der Waals surface area contributed by atoms with E-state index in [0.29, 0.717) is 19.6 Å². The lowest BCUT2D eigenvalue weighted by Gasteiger charge is -2.40. The van der Waals surface area contributed by atoms with E-state index in [4.69, 9.17) is 4.52 Å². The van der Waals surface area contributed by atoms with E-state index in [0.717, 1.165) is 0 Å². The van der Waals surface area contributed by atoms with Crippen LogP contribution in [0.3, 0.4) is 0 Å². The van der Waals surface area contributed by atoms with E-state index in [1.807, 2.05) is 18.9 Å². The molecule has 1 aliphatic heterocycles. The molecule has 9 nitrogen and oxygen atoms in total. The lowest BCUT2D eigenvalue weighted by atomic mass is 9.96. The highest BCUT2D eigenvalue weighted by Gasteiger charge is 2.43. The van der Waals surface area contributed by atoms with E-state index in [-0.39, 0.29) is 11.8 Å². The molecule has 0 N–H and O–H groups in total. The molecule has 1 aromatic heterocycles. The topological polar surface area (TPSA) is 102 Å². The Hall–Kier alpha value is -1.68. The summed E-state index contributed by atoms with van der Waals surface area (Å²) >= 11 is 0. The molecule has 2 heterocycles. The fraction of sp³-hybridized carbons (Fsp3) is 0.786. The van der Waals surface area contributed by atoms with Crippen molar-refractivity contribution in [1.82, 2.24) is 9.58 Å². The van der Waals surface area contributed by atoms with Crippen molar-refractivity contribution in [3.8, 4) is 0 Å². The molecule has 2 rings (SSSR count). The van der Waals surface area contributed by atoms with Gasteiger partial charge in [0.25, 0.3) is 6.20 Å². The summed E-state index contributed by atoms with van der Waals surface area (Å²) < 4.78 is 30.1. The Morgan fingerprint density at radius 2 is 2.00 bits per heavy atom. The fourth-order valence-corrected chi connectivity index (χ4v) is 3.39. The second kappa shape index (κ2) is 5.99. The van der Waals surface area contributed by atoms with Crippen molar-refractivity contribution in [2.24, 2.45) is 5.41 Å². The van der Waals surface area contributed by atoms with Gasteiger partial charge in [0.1, 0.15) is 11.4 Å². The lowest BCUT2D eigenvalue weighted by molar-refractivity contribution is -0.766. The lowest BCUT2D eigenvalue weighted by Crippen LogP contribution is -2.74. The molecule has 1 aliphatic rings. The molecule has 0 radical (unpaired) electrons. The van der Waals surface area contributed by atoms with Crippen molar-refractivity contribution in [3.63, 3.8) is 0 Å².